The largest absolute Gasteiger partial charge is 0.370 e. The van der Waals surface area contributed by atoms with Gasteiger partial charge in [-0.3, -0.25) is 10.4 Å². The lowest BCUT2D eigenvalue weighted by Crippen LogP contribution is -2.44. The maximum Gasteiger partial charge on any atom is 0.186 e. The van der Waals surface area contributed by atoms with Crippen LogP contribution in [0.4, 0.5) is 0 Å². The Kier molecular flexibility index (Phi) is 5.98. The zero-order valence-electron chi connectivity index (χ0n) is 14.7. The minimum atomic E-state index is 0.0664. The van der Waals surface area contributed by atoms with Gasteiger partial charge in [-0.15, -0.1) is 0 Å². The van der Waals surface area contributed by atoms with Gasteiger partial charge in [0.05, 0.1) is 6.04 Å². The van der Waals surface area contributed by atoms with Crippen LogP contribution in [0, 0.1) is 17.2 Å². The van der Waals surface area contributed by atoms with E-state index in [9.17, 15) is 0 Å². The third-order valence-electron chi connectivity index (χ3n) is 5.72. The van der Waals surface area contributed by atoms with Crippen LogP contribution in [0.5, 0.6) is 0 Å². The highest BCUT2D eigenvalue weighted by Crippen LogP contribution is 2.34. The average Bonchev–Trinajstić information content (AvgIpc) is 3.05. The topological polar surface area (TPSA) is 160 Å². The smallest absolute Gasteiger partial charge is 0.186 e. The van der Waals surface area contributed by atoms with Crippen LogP contribution in [0.15, 0.2) is 4.99 Å². The molecule has 2 aliphatic carbocycles. The molecule has 2 atom stereocenters. The molecular weight excluding hydrogens is 320 g/mol. The number of hydrogen-bond donors (Lipinski definition) is 7. The summed E-state index contributed by atoms with van der Waals surface area (Å²) >= 11 is 0. The third-order valence-corrected chi connectivity index (χ3v) is 5.72. The maximum atomic E-state index is 7.34. The molecule has 0 aromatic heterocycles. The minimum Gasteiger partial charge on any atom is -0.370 e. The van der Waals surface area contributed by atoms with Gasteiger partial charge in [-0.25, -0.2) is 10.9 Å². The van der Waals surface area contributed by atoms with Crippen molar-refractivity contribution in [3.05, 3.63) is 0 Å². The molecule has 2 saturated carbocycles. The molecule has 25 heavy (non-hydrogen) atoms. The highest BCUT2D eigenvalue weighted by Gasteiger charge is 2.38. The lowest BCUT2D eigenvalue weighted by molar-refractivity contribution is -0.0417. The molecule has 9 heteroatoms. The molecule has 0 amide bonds. The molecule has 0 spiro atoms. The van der Waals surface area contributed by atoms with Gasteiger partial charge in [0.2, 0.25) is 0 Å². The number of aliphatic imine (C=N–C) groups is 1. The van der Waals surface area contributed by atoms with E-state index >= 15 is 0 Å². The average molecular weight is 352 g/mol. The van der Waals surface area contributed by atoms with Gasteiger partial charge < -0.3 is 27.3 Å². The summed E-state index contributed by atoms with van der Waals surface area (Å²) in [4.78, 5) is 4.28. The molecule has 10 N–H and O–H groups in total. The predicted octanol–water partition coefficient (Wildman–Crippen LogP) is -0.363. The molecule has 3 rings (SSSR count). The second-order valence-electron chi connectivity index (χ2n) is 7.56. The summed E-state index contributed by atoms with van der Waals surface area (Å²) in [5.41, 5.74) is 23.1. The van der Waals surface area contributed by atoms with E-state index in [0.29, 0.717) is 17.9 Å². The fraction of sp³-hybridized carbons (Fsp3) is 0.875. The van der Waals surface area contributed by atoms with Gasteiger partial charge >= 0.3 is 0 Å². The number of nitrogens with one attached hydrogen (secondary N) is 4. The zero-order chi connectivity index (χ0) is 17.8. The number of hydrazine groups is 1. The molecule has 0 aromatic rings. The Morgan fingerprint density at radius 2 is 1.40 bits per heavy atom. The lowest BCUT2D eigenvalue weighted by atomic mass is 9.84. The molecule has 0 radical (unpaired) electrons. The van der Waals surface area contributed by atoms with Crippen LogP contribution in [0.25, 0.3) is 0 Å². The zero-order valence-corrected chi connectivity index (χ0v) is 14.7. The second-order valence-corrected chi connectivity index (χ2v) is 7.56. The fourth-order valence-electron chi connectivity index (χ4n) is 4.38. The van der Waals surface area contributed by atoms with E-state index < -0.39 is 0 Å². The third kappa shape index (κ3) is 4.96. The van der Waals surface area contributed by atoms with E-state index in [2.05, 4.69) is 21.2 Å². The Balaban J connectivity index is 1.41. The highest BCUT2D eigenvalue weighted by atomic mass is 16.5. The summed E-state index contributed by atoms with van der Waals surface area (Å²) in [5, 5.41) is 10.4. The summed E-state index contributed by atoms with van der Waals surface area (Å²) in [6.07, 6.45) is 8.51. The van der Waals surface area contributed by atoms with Crippen LogP contribution >= 0.6 is 0 Å². The standard InChI is InChI=1S/C16H32N8O/c17-15(18)21-11-5-1-9(2-6-11)13-23-24-14(25-13)10-3-7-12(8-4-10)22-16(19)20/h9-14,23-24H,1-8H2,(H4,17,18,21)(H4,19,20,22). The molecule has 3 aliphatic rings. The van der Waals surface area contributed by atoms with Crippen molar-refractivity contribution >= 4 is 11.9 Å². The van der Waals surface area contributed by atoms with Gasteiger partial charge in [-0.05, 0) is 63.2 Å². The summed E-state index contributed by atoms with van der Waals surface area (Å²) in [6, 6.07) is 0.584. The monoisotopic (exact) mass is 352 g/mol. The number of hydrogen-bond acceptors (Lipinski definition) is 5. The Hall–Kier alpha value is -1.58. The first-order valence-corrected chi connectivity index (χ1v) is 9.37. The van der Waals surface area contributed by atoms with Crippen LogP contribution < -0.4 is 33.4 Å². The van der Waals surface area contributed by atoms with E-state index in [-0.39, 0.29) is 30.4 Å². The fourth-order valence-corrected chi connectivity index (χ4v) is 4.38. The summed E-state index contributed by atoms with van der Waals surface area (Å²) < 4.78 is 6.28. The molecule has 1 heterocycles. The van der Waals surface area contributed by atoms with Crippen LogP contribution in [-0.2, 0) is 4.74 Å². The Morgan fingerprint density at radius 3 is 1.88 bits per heavy atom. The first kappa shape index (κ1) is 18.2. The Morgan fingerprint density at radius 1 is 0.880 bits per heavy atom. The van der Waals surface area contributed by atoms with Crippen molar-refractivity contribution in [1.82, 2.24) is 16.2 Å². The lowest BCUT2D eigenvalue weighted by Gasteiger charge is -2.33. The van der Waals surface area contributed by atoms with Crippen molar-refractivity contribution in [2.24, 2.45) is 34.0 Å². The Labute approximate surface area is 149 Å². The van der Waals surface area contributed by atoms with Crippen molar-refractivity contribution in [3.8, 4) is 0 Å². The van der Waals surface area contributed by atoms with Crippen molar-refractivity contribution in [2.45, 2.75) is 75.9 Å². The van der Waals surface area contributed by atoms with Crippen LogP contribution in [0.1, 0.15) is 51.4 Å². The first-order chi connectivity index (χ1) is 12.0. The molecule has 0 bridgehead atoms. The van der Waals surface area contributed by atoms with Gasteiger partial charge in [0.25, 0.3) is 0 Å². The molecule has 2 unspecified atom stereocenters. The molecule has 1 saturated heterocycles. The summed E-state index contributed by atoms with van der Waals surface area (Å²) in [5.74, 6) is 1.26. The molecule has 1 aliphatic heterocycles. The van der Waals surface area contributed by atoms with Gasteiger partial charge in [-0.1, -0.05) is 0 Å². The SMILES string of the molecule is N=C(N)NC1CCC(C2NNC(C3CCC(N=C(N)N)CC3)O2)CC1. The molecule has 3 fully saturated rings. The molecule has 142 valence electrons. The van der Waals surface area contributed by atoms with Gasteiger partial charge in [0, 0.05) is 6.04 Å². The normalized spacial score (nSPS) is 38.9. The highest BCUT2D eigenvalue weighted by molar-refractivity contribution is 5.75. The molecule has 9 nitrogen and oxygen atoms in total. The van der Waals surface area contributed by atoms with Crippen LogP contribution in [0.2, 0.25) is 0 Å². The van der Waals surface area contributed by atoms with Crippen molar-refractivity contribution in [3.63, 3.8) is 0 Å². The number of rotatable bonds is 4. The Bertz CT molecular complexity index is 479. The van der Waals surface area contributed by atoms with Crippen LogP contribution in [-0.4, -0.2) is 36.5 Å². The number of guanidine groups is 2. The van der Waals surface area contributed by atoms with Gasteiger partial charge in [0.15, 0.2) is 11.9 Å². The van der Waals surface area contributed by atoms with E-state index in [1.807, 2.05) is 0 Å². The van der Waals surface area contributed by atoms with Gasteiger partial charge in [0.1, 0.15) is 12.5 Å². The van der Waals surface area contributed by atoms with E-state index in [4.69, 9.17) is 27.3 Å². The van der Waals surface area contributed by atoms with Gasteiger partial charge in [-0.2, -0.15) is 0 Å². The number of nitrogens with zero attached hydrogens (tertiary/aromatic N) is 1. The number of ether oxygens (including phenoxy) is 1. The summed E-state index contributed by atoms with van der Waals surface area (Å²) in [7, 11) is 0. The summed E-state index contributed by atoms with van der Waals surface area (Å²) in [6.45, 7) is 0. The number of nitrogens with two attached hydrogens (primary N) is 3. The first-order valence-electron chi connectivity index (χ1n) is 9.37. The van der Waals surface area contributed by atoms with Crippen LogP contribution in [0.3, 0.4) is 0 Å². The van der Waals surface area contributed by atoms with Crippen molar-refractivity contribution in [2.75, 3.05) is 0 Å². The van der Waals surface area contributed by atoms with E-state index in [1.165, 1.54) is 0 Å². The molecule has 0 aromatic carbocycles. The second kappa shape index (κ2) is 8.20. The quantitative estimate of drug-likeness (QED) is 0.268. The van der Waals surface area contributed by atoms with E-state index in [0.717, 1.165) is 51.4 Å². The predicted molar refractivity (Wildman–Crippen MR) is 97.3 cm³/mol. The minimum absolute atomic E-state index is 0.0664. The maximum absolute atomic E-state index is 7.34. The van der Waals surface area contributed by atoms with E-state index in [1.54, 1.807) is 0 Å². The van der Waals surface area contributed by atoms with Crippen molar-refractivity contribution in [1.29, 1.82) is 5.41 Å². The molecular formula is C16H32N8O. The van der Waals surface area contributed by atoms with Crippen molar-refractivity contribution < 1.29 is 4.74 Å².